The van der Waals surface area contributed by atoms with E-state index in [0.29, 0.717) is 22.5 Å². The highest BCUT2D eigenvalue weighted by atomic mass is 19.1. The summed E-state index contributed by atoms with van der Waals surface area (Å²) >= 11 is 0. The molecule has 1 fully saturated rings. The number of nitrogens with zero attached hydrogens (tertiary/aromatic N) is 2. The number of anilines is 1. The molecule has 0 atom stereocenters. The van der Waals surface area contributed by atoms with Gasteiger partial charge in [0, 0.05) is 18.7 Å². The van der Waals surface area contributed by atoms with Crippen molar-refractivity contribution in [2.75, 3.05) is 18.0 Å². The number of hydrogen-bond acceptors (Lipinski definition) is 4. The standard InChI is InChI=1S/C20H21FN2O2/c1-15(22-25-20(24)16-8-4-2-5-9-16)17-10-11-19(18(21)14-17)23-12-6-3-7-13-23/h2,4-5,8-11,14H,3,6-7,12-13H2,1H3/b22-15+. The maximum absolute atomic E-state index is 14.5. The number of hydrogen-bond donors (Lipinski definition) is 0. The topological polar surface area (TPSA) is 41.9 Å². The molecule has 1 aliphatic rings. The fraction of sp³-hybridized carbons (Fsp3) is 0.300. The molecule has 2 aromatic carbocycles. The molecule has 2 aromatic rings. The fourth-order valence-electron chi connectivity index (χ4n) is 2.91. The summed E-state index contributed by atoms with van der Waals surface area (Å²) in [7, 11) is 0. The Morgan fingerprint density at radius 2 is 1.76 bits per heavy atom. The van der Waals surface area contributed by atoms with Gasteiger partial charge in [-0.2, -0.15) is 0 Å². The van der Waals surface area contributed by atoms with E-state index in [0.717, 1.165) is 25.9 Å². The first-order valence-corrected chi connectivity index (χ1v) is 8.51. The third kappa shape index (κ3) is 4.24. The van der Waals surface area contributed by atoms with Crippen LogP contribution < -0.4 is 4.90 Å². The van der Waals surface area contributed by atoms with Crippen LogP contribution in [0, 0.1) is 5.82 Å². The van der Waals surface area contributed by atoms with Gasteiger partial charge in [-0.25, -0.2) is 9.18 Å². The SMILES string of the molecule is C/C(=N\OC(=O)c1ccccc1)c1ccc(N2CCCCC2)c(F)c1. The van der Waals surface area contributed by atoms with Gasteiger partial charge in [-0.05, 0) is 50.5 Å². The highest BCUT2D eigenvalue weighted by Crippen LogP contribution is 2.24. The van der Waals surface area contributed by atoms with Crippen LogP contribution in [0.5, 0.6) is 0 Å². The Morgan fingerprint density at radius 1 is 1.04 bits per heavy atom. The van der Waals surface area contributed by atoms with Crippen LogP contribution in [0.1, 0.15) is 42.1 Å². The van der Waals surface area contributed by atoms with E-state index >= 15 is 0 Å². The van der Waals surface area contributed by atoms with Crippen molar-refractivity contribution in [3.63, 3.8) is 0 Å². The van der Waals surface area contributed by atoms with E-state index in [4.69, 9.17) is 4.84 Å². The van der Waals surface area contributed by atoms with E-state index in [1.807, 2.05) is 12.1 Å². The van der Waals surface area contributed by atoms with E-state index in [9.17, 15) is 9.18 Å². The first-order chi connectivity index (χ1) is 12.1. The summed E-state index contributed by atoms with van der Waals surface area (Å²) in [4.78, 5) is 18.9. The molecule has 0 unspecified atom stereocenters. The molecule has 25 heavy (non-hydrogen) atoms. The summed E-state index contributed by atoms with van der Waals surface area (Å²) in [6, 6.07) is 13.7. The molecule has 0 N–H and O–H groups in total. The van der Waals surface area contributed by atoms with Crippen molar-refractivity contribution < 1.29 is 14.0 Å². The Morgan fingerprint density at radius 3 is 2.44 bits per heavy atom. The van der Waals surface area contributed by atoms with E-state index in [-0.39, 0.29) is 5.82 Å². The zero-order valence-electron chi connectivity index (χ0n) is 14.2. The van der Waals surface area contributed by atoms with Gasteiger partial charge >= 0.3 is 5.97 Å². The van der Waals surface area contributed by atoms with Crippen molar-refractivity contribution in [1.29, 1.82) is 0 Å². The second-order valence-electron chi connectivity index (χ2n) is 6.14. The predicted octanol–water partition coefficient (Wildman–Crippen LogP) is 4.40. The molecular weight excluding hydrogens is 319 g/mol. The number of oxime groups is 1. The summed E-state index contributed by atoms with van der Waals surface area (Å²) in [5, 5.41) is 3.84. The Bertz CT molecular complexity index is 769. The Kier molecular flexibility index (Phi) is 5.43. The molecule has 1 saturated heterocycles. The van der Waals surface area contributed by atoms with Gasteiger partial charge in [-0.1, -0.05) is 29.4 Å². The highest BCUT2D eigenvalue weighted by Gasteiger charge is 2.15. The average molecular weight is 340 g/mol. The smallest absolute Gasteiger partial charge is 0.365 e. The molecule has 0 radical (unpaired) electrons. The van der Waals surface area contributed by atoms with Gasteiger partial charge < -0.3 is 9.74 Å². The van der Waals surface area contributed by atoms with Crippen LogP contribution in [0.2, 0.25) is 0 Å². The molecule has 0 bridgehead atoms. The molecule has 1 heterocycles. The quantitative estimate of drug-likeness (QED) is 0.471. The van der Waals surface area contributed by atoms with E-state index in [1.54, 1.807) is 37.3 Å². The van der Waals surface area contributed by atoms with Crippen molar-refractivity contribution in [2.24, 2.45) is 5.16 Å². The predicted molar refractivity (Wildman–Crippen MR) is 96.5 cm³/mol. The van der Waals surface area contributed by atoms with Gasteiger partial charge in [-0.3, -0.25) is 0 Å². The summed E-state index contributed by atoms with van der Waals surface area (Å²) in [5.41, 5.74) is 2.09. The zero-order valence-corrected chi connectivity index (χ0v) is 14.2. The number of benzene rings is 2. The second kappa shape index (κ2) is 7.92. The Hall–Kier alpha value is -2.69. The number of piperidine rings is 1. The lowest BCUT2D eigenvalue weighted by atomic mass is 10.1. The van der Waals surface area contributed by atoms with Crippen LogP contribution in [0.4, 0.5) is 10.1 Å². The molecule has 1 aliphatic heterocycles. The number of carbonyl (C=O) groups excluding carboxylic acids is 1. The summed E-state index contributed by atoms with van der Waals surface area (Å²) in [5.74, 6) is -0.811. The normalized spacial score (nSPS) is 15.1. The van der Waals surface area contributed by atoms with Crippen molar-refractivity contribution in [3.8, 4) is 0 Å². The van der Waals surface area contributed by atoms with Gasteiger partial charge in [-0.15, -0.1) is 0 Å². The van der Waals surface area contributed by atoms with Gasteiger partial charge in [0.1, 0.15) is 5.82 Å². The first kappa shape index (κ1) is 17.1. The maximum atomic E-state index is 14.5. The Balaban J connectivity index is 1.70. The minimum absolute atomic E-state index is 0.275. The van der Waals surface area contributed by atoms with E-state index in [2.05, 4.69) is 10.1 Å². The molecule has 0 amide bonds. The lowest BCUT2D eigenvalue weighted by Gasteiger charge is -2.29. The fourth-order valence-corrected chi connectivity index (χ4v) is 2.91. The van der Waals surface area contributed by atoms with Gasteiger partial charge in [0.2, 0.25) is 0 Å². The average Bonchev–Trinajstić information content (AvgIpc) is 2.67. The number of carbonyl (C=O) groups is 1. The highest BCUT2D eigenvalue weighted by molar-refractivity contribution is 5.99. The van der Waals surface area contributed by atoms with E-state index < -0.39 is 5.97 Å². The van der Waals surface area contributed by atoms with Crippen molar-refractivity contribution >= 4 is 17.4 Å². The van der Waals surface area contributed by atoms with Gasteiger partial charge in [0.15, 0.2) is 0 Å². The van der Waals surface area contributed by atoms with E-state index in [1.165, 1.54) is 12.5 Å². The second-order valence-corrected chi connectivity index (χ2v) is 6.14. The molecule has 0 aliphatic carbocycles. The molecule has 130 valence electrons. The van der Waals surface area contributed by atoms with Gasteiger partial charge in [0.05, 0.1) is 17.0 Å². The zero-order chi connectivity index (χ0) is 17.6. The molecule has 4 nitrogen and oxygen atoms in total. The van der Waals surface area contributed by atoms with Crippen molar-refractivity contribution in [3.05, 3.63) is 65.5 Å². The lowest BCUT2D eigenvalue weighted by Crippen LogP contribution is -2.30. The van der Waals surface area contributed by atoms with Gasteiger partial charge in [0.25, 0.3) is 0 Å². The number of rotatable bonds is 4. The molecule has 3 rings (SSSR count). The van der Waals surface area contributed by atoms with Crippen molar-refractivity contribution in [1.82, 2.24) is 0 Å². The van der Waals surface area contributed by atoms with Crippen LogP contribution in [0.15, 0.2) is 53.7 Å². The van der Waals surface area contributed by atoms with Crippen LogP contribution in [0.25, 0.3) is 0 Å². The first-order valence-electron chi connectivity index (χ1n) is 8.51. The van der Waals surface area contributed by atoms with Crippen LogP contribution >= 0.6 is 0 Å². The lowest BCUT2D eigenvalue weighted by molar-refractivity contribution is 0.0516. The molecular formula is C20H21FN2O2. The van der Waals surface area contributed by atoms with Crippen LogP contribution in [-0.4, -0.2) is 24.8 Å². The number of halogens is 1. The third-order valence-corrected chi connectivity index (χ3v) is 4.34. The van der Waals surface area contributed by atoms with Crippen LogP contribution in [0.3, 0.4) is 0 Å². The van der Waals surface area contributed by atoms with Crippen molar-refractivity contribution in [2.45, 2.75) is 26.2 Å². The summed E-state index contributed by atoms with van der Waals surface area (Å²) in [6.07, 6.45) is 3.39. The minimum atomic E-state index is -0.537. The largest absolute Gasteiger partial charge is 0.369 e. The molecule has 0 spiro atoms. The monoisotopic (exact) mass is 340 g/mol. The maximum Gasteiger partial charge on any atom is 0.365 e. The molecule has 0 saturated carbocycles. The Labute approximate surface area is 146 Å². The molecule has 5 heteroatoms. The minimum Gasteiger partial charge on any atom is -0.369 e. The third-order valence-electron chi connectivity index (χ3n) is 4.34. The molecule has 0 aromatic heterocycles. The summed E-state index contributed by atoms with van der Waals surface area (Å²) in [6.45, 7) is 3.46. The summed E-state index contributed by atoms with van der Waals surface area (Å²) < 4.78 is 14.5. The van der Waals surface area contributed by atoms with Crippen LogP contribution in [-0.2, 0) is 4.84 Å².